The Labute approximate surface area is 106 Å². The number of anilines is 1. The lowest BCUT2D eigenvalue weighted by molar-refractivity contribution is 1.26. The van der Waals surface area contributed by atoms with Gasteiger partial charge in [0.2, 0.25) is 0 Å². The van der Waals surface area contributed by atoms with Gasteiger partial charge in [-0.05, 0) is 30.2 Å². The number of H-pyrrole nitrogens is 1. The van der Waals surface area contributed by atoms with E-state index in [1.807, 2.05) is 18.3 Å². The van der Waals surface area contributed by atoms with Gasteiger partial charge in [0.05, 0.1) is 31.1 Å². The first-order valence-electron chi connectivity index (χ1n) is 5.76. The van der Waals surface area contributed by atoms with Gasteiger partial charge in [-0.1, -0.05) is 12.1 Å². The number of imidazole rings is 1. The monoisotopic (exact) mass is 240 g/mol. The average molecular weight is 240 g/mol. The highest BCUT2D eigenvalue weighted by Gasteiger charge is 2.02. The van der Waals surface area contributed by atoms with Crippen molar-refractivity contribution in [3.05, 3.63) is 48.9 Å². The highest BCUT2D eigenvalue weighted by molar-refractivity contribution is 5.78. The lowest BCUT2D eigenvalue weighted by atomic mass is 10.1. The van der Waals surface area contributed by atoms with E-state index < -0.39 is 0 Å². The molecule has 1 aromatic carbocycles. The number of aliphatic imine (C=N–C) groups is 1. The maximum Gasteiger partial charge on any atom is 0.0924 e. The molecule has 92 valence electrons. The van der Waals surface area contributed by atoms with Crippen LogP contribution in [-0.4, -0.2) is 22.9 Å². The van der Waals surface area contributed by atoms with Crippen LogP contribution in [-0.2, 0) is 0 Å². The van der Waals surface area contributed by atoms with E-state index in [9.17, 15) is 0 Å². The van der Waals surface area contributed by atoms with Crippen molar-refractivity contribution in [2.75, 3.05) is 11.9 Å². The summed E-state index contributed by atoms with van der Waals surface area (Å²) in [4.78, 5) is 11.2. The van der Waals surface area contributed by atoms with Crippen LogP contribution in [0.3, 0.4) is 0 Å². The van der Waals surface area contributed by atoms with Crippen LogP contribution in [0.2, 0.25) is 0 Å². The predicted octanol–water partition coefficient (Wildman–Crippen LogP) is 3.01. The van der Waals surface area contributed by atoms with E-state index in [2.05, 4.69) is 39.8 Å². The Bertz CT molecular complexity index is 541. The average Bonchev–Trinajstić information content (AvgIpc) is 2.90. The molecule has 0 aliphatic heterocycles. The van der Waals surface area contributed by atoms with E-state index in [4.69, 9.17) is 0 Å². The molecule has 0 saturated carbocycles. The van der Waals surface area contributed by atoms with Crippen LogP contribution in [0.25, 0.3) is 11.3 Å². The van der Waals surface area contributed by atoms with Gasteiger partial charge < -0.3 is 10.3 Å². The van der Waals surface area contributed by atoms with Crippen LogP contribution >= 0.6 is 0 Å². The molecular weight excluding hydrogens is 224 g/mol. The maximum absolute atomic E-state index is 4.13. The number of nitrogens with zero attached hydrogens (tertiary/aromatic N) is 2. The molecule has 2 N–H and O–H groups in total. The number of benzene rings is 1. The van der Waals surface area contributed by atoms with E-state index in [0.29, 0.717) is 6.54 Å². The second kappa shape index (κ2) is 5.82. The summed E-state index contributed by atoms with van der Waals surface area (Å²) < 4.78 is 0. The molecule has 18 heavy (non-hydrogen) atoms. The van der Waals surface area contributed by atoms with E-state index in [1.165, 1.54) is 0 Å². The molecule has 2 aromatic rings. The fraction of sp³-hybridized carbons (Fsp3) is 0.143. The van der Waals surface area contributed by atoms with E-state index in [-0.39, 0.29) is 0 Å². The minimum absolute atomic E-state index is 0.623. The molecule has 0 aliphatic carbocycles. The number of aryl methyl sites for hydroxylation is 1. The topological polar surface area (TPSA) is 53.1 Å². The number of hydrogen-bond acceptors (Lipinski definition) is 2. The van der Waals surface area contributed by atoms with Crippen LogP contribution in [0.4, 0.5) is 5.69 Å². The van der Waals surface area contributed by atoms with Crippen LogP contribution in [0.1, 0.15) is 5.56 Å². The predicted molar refractivity (Wildman–Crippen MR) is 75.9 cm³/mol. The molecule has 4 nitrogen and oxygen atoms in total. The van der Waals surface area contributed by atoms with E-state index in [1.54, 1.807) is 18.7 Å². The normalized spacial score (nSPS) is 10.7. The smallest absolute Gasteiger partial charge is 0.0924 e. The first-order chi connectivity index (χ1) is 8.81. The molecule has 2 rings (SSSR count). The summed E-state index contributed by atoms with van der Waals surface area (Å²) in [5.41, 5.74) is 4.35. The van der Waals surface area contributed by atoms with Gasteiger partial charge >= 0.3 is 0 Å². The number of aromatic nitrogens is 2. The van der Waals surface area contributed by atoms with E-state index in [0.717, 1.165) is 22.5 Å². The van der Waals surface area contributed by atoms with Crippen molar-refractivity contribution in [3.63, 3.8) is 0 Å². The zero-order chi connectivity index (χ0) is 12.8. The number of aromatic amines is 1. The van der Waals surface area contributed by atoms with Gasteiger partial charge in [-0.15, -0.1) is 6.58 Å². The summed E-state index contributed by atoms with van der Waals surface area (Å²) in [5.74, 6) is 0. The van der Waals surface area contributed by atoms with Gasteiger partial charge in [0, 0.05) is 5.69 Å². The van der Waals surface area contributed by atoms with Gasteiger partial charge in [-0.25, -0.2) is 4.98 Å². The minimum atomic E-state index is 0.623. The fourth-order valence-electron chi connectivity index (χ4n) is 1.65. The molecule has 1 aromatic heterocycles. The molecule has 0 amide bonds. The van der Waals surface area contributed by atoms with Crippen LogP contribution < -0.4 is 5.32 Å². The second-order valence-corrected chi connectivity index (χ2v) is 3.92. The molecule has 0 unspecified atom stereocenters. The van der Waals surface area contributed by atoms with Crippen LogP contribution in [0, 0.1) is 6.92 Å². The maximum atomic E-state index is 4.13. The summed E-state index contributed by atoms with van der Waals surface area (Å²) in [5, 5.41) is 3.15. The molecule has 0 saturated heterocycles. The molecule has 0 spiro atoms. The Balaban J connectivity index is 2.13. The second-order valence-electron chi connectivity index (χ2n) is 3.92. The SMILES string of the molecule is C=CCN=CNc1ccc(-c2cnc[nH]2)cc1C. The minimum Gasteiger partial charge on any atom is -0.347 e. The van der Waals surface area contributed by atoms with Crippen molar-refractivity contribution in [1.29, 1.82) is 0 Å². The third kappa shape index (κ3) is 2.85. The molecule has 1 heterocycles. The first kappa shape index (κ1) is 12.1. The summed E-state index contributed by atoms with van der Waals surface area (Å²) in [6.45, 7) is 6.29. The van der Waals surface area contributed by atoms with Gasteiger partial charge in [-0.2, -0.15) is 0 Å². The molecule has 0 bridgehead atoms. The Morgan fingerprint density at radius 1 is 1.50 bits per heavy atom. The zero-order valence-corrected chi connectivity index (χ0v) is 10.4. The molecular formula is C14H16N4. The standard InChI is InChI=1S/C14H16N4/c1-3-6-15-9-17-13-5-4-12(7-11(13)2)14-8-16-10-18-14/h3-5,7-10H,1,6H2,2H3,(H,15,17)(H,16,18). The van der Waals surface area contributed by atoms with Crippen LogP contribution in [0.15, 0.2) is 48.4 Å². The largest absolute Gasteiger partial charge is 0.347 e. The fourth-order valence-corrected chi connectivity index (χ4v) is 1.65. The molecule has 0 atom stereocenters. The molecule has 0 fully saturated rings. The first-order valence-corrected chi connectivity index (χ1v) is 5.76. The van der Waals surface area contributed by atoms with Crippen LogP contribution in [0.5, 0.6) is 0 Å². The van der Waals surface area contributed by atoms with Crippen molar-refractivity contribution in [1.82, 2.24) is 9.97 Å². The third-order valence-corrected chi connectivity index (χ3v) is 2.58. The van der Waals surface area contributed by atoms with Crippen molar-refractivity contribution in [3.8, 4) is 11.3 Å². The molecule has 0 radical (unpaired) electrons. The molecule has 4 heteroatoms. The molecule has 0 aliphatic rings. The van der Waals surface area contributed by atoms with Crippen molar-refractivity contribution >= 4 is 12.0 Å². The summed E-state index contributed by atoms with van der Waals surface area (Å²) in [6, 6.07) is 6.19. The van der Waals surface area contributed by atoms with Gasteiger partial charge in [-0.3, -0.25) is 4.99 Å². The van der Waals surface area contributed by atoms with Crippen molar-refractivity contribution in [2.45, 2.75) is 6.92 Å². The number of nitrogens with one attached hydrogen (secondary N) is 2. The van der Waals surface area contributed by atoms with Gasteiger partial charge in [0.1, 0.15) is 0 Å². The Morgan fingerprint density at radius 2 is 2.39 bits per heavy atom. The lowest BCUT2D eigenvalue weighted by Gasteiger charge is -2.07. The summed E-state index contributed by atoms with van der Waals surface area (Å²) >= 11 is 0. The van der Waals surface area contributed by atoms with Gasteiger partial charge in [0.25, 0.3) is 0 Å². The Hall–Kier alpha value is -2.36. The van der Waals surface area contributed by atoms with Crippen molar-refractivity contribution in [2.24, 2.45) is 4.99 Å². The van der Waals surface area contributed by atoms with Gasteiger partial charge in [0.15, 0.2) is 0 Å². The lowest BCUT2D eigenvalue weighted by Crippen LogP contribution is -1.97. The van der Waals surface area contributed by atoms with Crippen molar-refractivity contribution < 1.29 is 0 Å². The number of rotatable bonds is 5. The Morgan fingerprint density at radius 3 is 3.06 bits per heavy atom. The quantitative estimate of drug-likeness (QED) is 0.479. The van der Waals surface area contributed by atoms with E-state index >= 15 is 0 Å². The summed E-state index contributed by atoms with van der Waals surface area (Å²) in [7, 11) is 0. The highest BCUT2D eigenvalue weighted by Crippen LogP contribution is 2.22. The Kier molecular flexibility index (Phi) is 3.91. The highest BCUT2D eigenvalue weighted by atomic mass is 14.9. The summed E-state index contributed by atoms with van der Waals surface area (Å²) in [6.07, 6.45) is 6.94. The zero-order valence-electron chi connectivity index (χ0n) is 10.4. The third-order valence-electron chi connectivity index (χ3n) is 2.58. The number of hydrogen-bond donors (Lipinski definition) is 2.